The van der Waals surface area contributed by atoms with Crippen LogP contribution in [0.15, 0.2) is 24.3 Å². The van der Waals surface area contributed by atoms with E-state index in [2.05, 4.69) is 4.72 Å². The van der Waals surface area contributed by atoms with Crippen LogP contribution >= 0.6 is 11.8 Å². The van der Waals surface area contributed by atoms with E-state index in [9.17, 15) is 18.6 Å². The SMILES string of the molecule is CCS(=O)(=O)Nc1cccc(C(O)(O)N2CCSCC2)c1. The smallest absolute Gasteiger partial charge is 0.253 e. The van der Waals surface area contributed by atoms with E-state index >= 15 is 0 Å². The van der Waals surface area contributed by atoms with Crippen molar-refractivity contribution >= 4 is 27.5 Å². The van der Waals surface area contributed by atoms with Crippen LogP contribution in [0.3, 0.4) is 0 Å². The first-order valence-corrected chi connectivity index (χ1v) is 9.54. The number of sulfonamides is 1. The van der Waals surface area contributed by atoms with E-state index < -0.39 is 15.9 Å². The normalized spacial score (nSPS) is 17.7. The maximum absolute atomic E-state index is 11.6. The highest BCUT2D eigenvalue weighted by Crippen LogP contribution is 2.27. The summed E-state index contributed by atoms with van der Waals surface area (Å²) in [7, 11) is -3.39. The Labute approximate surface area is 129 Å². The minimum Gasteiger partial charge on any atom is -0.349 e. The molecule has 6 nitrogen and oxygen atoms in total. The fourth-order valence-electron chi connectivity index (χ4n) is 2.10. The van der Waals surface area contributed by atoms with Crippen LogP contribution in [0.25, 0.3) is 0 Å². The predicted octanol–water partition coefficient (Wildman–Crippen LogP) is 0.592. The topological polar surface area (TPSA) is 89.9 Å². The summed E-state index contributed by atoms with van der Waals surface area (Å²) in [5.74, 6) is -0.450. The standard InChI is InChI=1S/C13H20N2O4S2/c1-2-21(18,19)14-12-5-3-4-11(10-12)13(16,17)15-6-8-20-9-7-15/h3-5,10,14,16-17H,2,6-9H2,1H3. The van der Waals surface area contributed by atoms with E-state index in [1.165, 1.54) is 6.07 Å². The second kappa shape index (κ2) is 6.53. The Morgan fingerprint density at radius 2 is 2.00 bits per heavy atom. The number of hydrogen-bond acceptors (Lipinski definition) is 6. The number of nitrogens with zero attached hydrogens (tertiary/aromatic N) is 1. The van der Waals surface area contributed by atoms with Crippen LogP contribution in [0.4, 0.5) is 5.69 Å². The molecule has 8 heteroatoms. The van der Waals surface area contributed by atoms with Gasteiger partial charge in [-0.3, -0.25) is 4.72 Å². The molecule has 0 aromatic heterocycles. The van der Waals surface area contributed by atoms with E-state index in [-0.39, 0.29) is 11.3 Å². The Balaban J connectivity index is 2.23. The Kier molecular flexibility index (Phi) is 5.15. The molecule has 0 aliphatic carbocycles. The van der Waals surface area contributed by atoms with Gasteiger partial charge >= 0.3 is 0 Å². The summed E-state index contributed by atoms with van der Waals surface area (Å²) in [5, 5.41) is 20.8. The predicted molar refractivity (Wildman–Crippen MR) is 84.5 cm³/mol. The van der Waals surface area contributed by atoms with Crippen LogP contribution in [-0.4, -0.2) is 53.9 Å². The van der Waals surface area contributed by atoms with E-state index in [4.69, 9.17) is 0 Å². The number of nitrogens with one attached hydrogen (secondary N) is 1. The molecule has 1 aromatic rings. The molecular weight excluding hydrogens is 312 g/mol. The average Bonchev–Trinajstić information content (AvgIpc) is 2.48. The van der Waals surface area contributed by atoms with Gasteiger partial charge in [-0.2, -0.15) is 11.8 Å². The van der Waals surface area contributed by atoms with Gasteiger partial charge in [-0.25, -0.2) is 13.3 Å². The fraction of sp³-hybridized carbons (Fsp3) is 0.538. The average molecular weight is 332 g/mol. The highest BCUT2D eigenvalue weighted by Gasteiger charge is 2.35. The van der Waals surface area contributed by atoms with Crippen molar-refractivity contribution in [2.75, 3.05) is 35.1 Å². The molecule has 1 fully saturated rings. The zero-order chi connectivity index (χ0) is 15.5. The monoisotopic (exact) mass is 332 g/mol. The Morgan fingerprint density at radius 1 is 1.33 bits per heavy atom. The van der Waals surface area contributed by atoms with Gasteiger partial charge in [-0.15, -0.1) is 0 Å². The third-order valence-corrected chi connectivity index (χ3v) is 5.60. The second-order valence-electron chi connectivity index (χ2n) is 4.82. The molecule has 1 aromatic carbocycles. The molecule has 21 heavy (non-hydrogen) atoms. The minimum atomic E-state index is -3.39. The lowest BCUT2D eigenvalue weighted by Crippen LogP contribution is -2.49. The lowest BCUT2D eigenvalue weighted by atomic mass is 10.1. The van der Waals surface area contributed by atoms with Crippen LogP contribution in [0.5, 0.6) is 0 Å². The molecule has 118 valence electrons. The van der Waals surface area contributed by atoms with Gasteiger partial charge in [0.1, 0.15) is 0 Å². The largest absolute Gasteiger partial charge is 0.349 e. The summed E-state index contributed by atoms with van der Waals surface area (Å²) in [5.41, 5.74) is 0.582. The highest BCUT2D eigenvalue weighted by atomic mass is 32.2. The lowest BCUT2D eigenvalue weighted by molar-refractivity contribution is -0.273. The Bertz CT molecular complexity index is 584. The van der Waals surface area contributed by atoms with Gasteiger partial charge in [-0.05, 0) is 19.1 Å². The third-order valence-electron chi connectivity index (χ3n) is 3.36. The molecule has 1 aliphatic rings. The maximum atomic E-state index is 11.6. The zero-order valence-corrected chi connectivity index (χ0v) is 13.5. The number of anilines is 1. The Morgan fingerprint density at radius 3 is 2.62 bits per heavy atom. The molecule has 0 radical (unpaired) electrons. The van der Waals surface area contributed by atoms with Gasteiger partial charge in [0, 0.05) is 35.8 Å². The molecule has 1 aliphatic heterocycles. The fourth-order valence-corrected chi connectivity index (χ4v) is 3.63. The molecular formula is C13H20N2O4S2. The van der Waals surface area contributed by atoms with Gasteiger partial charge in [-0.1, -0.05) is 12.1 Å². The summed E-state index contributed by atoms with van der Waals surface area (Å²) in [4.78, 5) is 1.58. The lowest BCUT2D eigenvalue weighted by Gasteiger charge is -2.37. The van der Waals surface area contributed by atoms with Crippen LogP contribution in [-0.2, 0) is 15.9 Å². The summed E-state index contributed by atoms with van der Waals surface area (Å²) >= 11 is 1.77. The molecule has 0 atom stereocenters. The van der Waals surface area contributed by atoms with E-state index in [0.717, 1.165) is 11.5 Å². The van der Waals surface area contributed by atoms with E-state index in [1.54, 1.807) is 41.8 Å². The second-order valence-corrected chi connectivity index (χ2v) is 8.06. The van der Waals surface area contributed by atoms with Gasteiger partial charge in [0.25, 0.3) is 5.91 Å². The first-order valence-electron chi connectivity index (χ1n) is 6.74. The van der Waals surface area contributed by atoms with Crippen LogP contribution in [0.1, 0.15) is 12.5 Å². The van der Waals surface area contributed by atoms with Crippen molar-refractivity contribution in [3.05, 3.63) is 29.8 Å². The first-order chi connectivity index (χ1) is 9.85. The number of thioether (sulfide) groups is 1. The minimum absolute atomic E-state index is 0.0377. The molecule has 0 amide bonds. The summed E-state index contributed by atoms with van der Waals surface area (Å²) in [6, 6.07) is 6.21. The molecule has 0 spiro atoms. The third kappa shape index (κ3) is 4.10. The quantitative estimate of drug-likeness (QED) is 0.684. The molecule has 1 heterocycles. The van der Waals surface area contributed by atoms with Crippen molar-refractivity contribution < 1.29 is 18.6 Å². The molecule has 0 unspecified atom stereocenters. The highest BCUT2D eigenvalue weighted by molar-refractivity contribution is 7.99. The van der Waals surface area contributed by atoms with Gasteiger partial charge < -0.3 is 10.2 Å². The summed E-state index contributed by atoms with van der Waals surface area (Å²) in [6.07, 6.45) is 0. The number of benzene rings is 1. The van der Waals surface area contributed by atoms with Crippen molar-refractivity contribution in [3.8, 4) is 0 Å². The molecule has 2 rings (SSSR count). The van der Waals surface area contributed by atoms with Gasteiger partial charge in [0.05, 0.1) is 5.75 Å². The zero-order valence-electron chi connectivity index (χ0n) is 11.8. The summed E-state index contributed by atoms with van der Waals surface area (Å²) < 4.78 is 25.6. The Hall–Kier alpha value is -0.800. The summed E-state index contributed by atoms with van der Waals surface area (Å²) in [6.45, 7) is 2.69. The molecule has 0 saturated carbocycles. The number of rotatable bonds is 5. The first kappa shape index (κ1) is 16.6. The van der Waals surface area contributed by atoms with E-state index in [0.29, 0.717) is 18.8 Å². The van der Waals surface area contributed by atoms with Gasteiger partial charge in [0.2, 0.25) is 10.0 Å². The molecule has 0 bridgehead atoms. The number of hydrogen-bond donors (Lipinski definition) is 3. The van der Waals surface area contributed by atoms with Crippen molar-refractivity contribution in [1.29, 1.82) is 0 Å². The van der Waals surface area contributed by atoms with Crippen LogP contribution < -0.4 is 4.72 Å². The van der Waals surface area contributed by atoms with Crippen LogP contribution in [0.2, 0.25) is 0 Å². The molecule has 1 saturated heterocycles. The van der Waals surface area contributed by atoms with Crippen molar-refractivity contribution in [2.45, 2.75) is 12.8 Å². The van der Waals surface area contributed by atoms with Crippen molar-refractivity contribution in [1.82, 2.24) is 4.90 Å². The van der Waals surface area contributed by atoms with Crippen molar-refractivity contribution in [2.24, 2.45) is 0 Å². The van der Waals surface area contributed by atoms with Crippen LogP contribution in [0, 0.1) is 0 Å². The number of aliphatic hydroxyl groups is 2. The van der Waals surface area contributed by atoms with E-state index in [1.807, 2.05) is 0 Å². The van der Waals surface area contributed by atoms with Crippen molar-refractivity contribution in [3.63, 3.8) is 0 Å². The molecule has 3 N–H and O–H groups in total. The maximum Gasteiger partial charge on any atom is 0.253 e. The van der Waals surface area contributed by atoms with Gasteiger partial charge in [0.15, 0.2) is 0 Å².